The number of rotatable bonds is 7. The number of amides is 1. The average molecular weight is 263 g/mol. The number of hydrogen-bond acceptors (Lipinski definition) is 2. The van der Waals surface area contributed by atoms with Crippen LogP contribution in [0.2, 0.25) is 0 Å². The predicted octanol–water partition coefficient (Wildman–Crippen LogP) is 3.47. The van der Waals surface area contributed by atoms with E-state index in [2.05, 4.69) is 32.0 Å². The van der Waals surface area contributed by atoms with E-state index >= 15 is 0 Å². The van der Waals surface area contributed by atoms with Gasteiger partial charge in [0.25, 0.3) is 0 Å². The van der Waals surface area contributed by atoms with Gasteiger partial charge in [-0.05, 0) is 57.4 Å². The van der Waals surface area contributed by atoms with Gasteiger partial charge in [0.1, 0.15) is 0 Å². The first kappa shape index (κ1) is 15.7. The smallest absolute Gasteiger partial charge is 0.227 e. The Morgan fingerprint density at radius 1 is 1.16 bits per heavy atom. The lowest BCUT2D eigenvalue weighted by molar-refractivity contribution is -0.118. The molecule has 0 saturated carbocycles. The topological polar surface area (TPSA) is 29.5 Å². The third-order valence-electron chi connectivity index (χ3n) is 3.02. The van der Waals surface area contributed by atoms with Crippen molar-refractivity contribution in [2.45, 2.75) is 40.5 Å². The molecular weight excluding hydrogens is 238 g/mol. The molecule has 0 aromatic heterocycles. The van der Waals surface area contributed by atoms with Gasteiger partial charge in [-0.15, -0.1) is 0 Å². The van der Waals surface area contributed by atoms with Crippen molar-refractivity contribution >= 4 is 11.6 Å². The molecule has 0 N–H and O–H groups in total. The van der Waals surface area contributed by atoms with E-state index in [0.717, 1.165) is 12.1 Å². The second-order valence-corrected chi connectivity index (χ2v) is 4.78. The van der Waals surface area contributed by atoms with Gasteiger partial charge < -0.3 is 9.64 Å². The molecular formula is C16H25NO2. The summed E-state index contributed by atoms with van der Waals surface area (Å²) in [6.45, 7) is 10.2. The van der Waals surface area contributed by atoms with Gasteiger partial charge in [-0.1, -0.05) is 6.07 Å². The van der Waals surface area contributed by atoms with Crippen molar-refractivity contribution in [2.75, 3.05) is 24.7 Å². The zero-order chi connectivity index (χ0) is 14.3. The maximum absolute atomic E-state index is 12.2. The normalized spacial score (nSPS) is 10.5. The number of ether oxygens (including phenoxy) is 1. The monoisotopic (exact) mass is 263 g/mol. The molecule has 1 aromatic carbocycles. The fraction of sp³-hybridized carbons (Fsp3) is 0.562. The zero-order valence-corrected chi connectivity index (χ0v) is 12.5. The molecule has 0 aliphatic heterocycles. The van der Waals surface area contributed by atoms with Crippen molar-refractivity contribution in [3.05, 3.63) is 29.3 Å². The lowest BCUT2D eigenvalue weighted by Gasteiger charge is -2.22. The van der Waals surface area contributed by atoms with E-state index in [1.54, 1.807) is 0 Å². The molecule has 19 heavy (non-hydrogen) atoms. The van der Waals surface area contributed by atoms with Crippen molar-refractivity contribution in [1.29, 1.82) is 0 Å². The number of carbonyl (C=O) groups excluding carboxylic acids is 1. The highest BCUT2D eigenvalue weighted by Crippen LogP contribution is 2.19. The first-order chi connectivity index (χ1) is 9.08. The van der Waals surface area contributed by atoms with Gasteiger partial charge in [0.2, 0.25) is 5.91 Å². The van der Waals surface area contributed by atoms with Gasteiger partial charge in [0, 0.05) is 31.9 Å². The lowest BCUT2D eigenvalue weighted by Crippen LogP contribution is -2.30. The molecule has 0 heterocycles. The Hall–Kier alpha value is -1.35. The van der Waals surface area contributed by atoms with Crippen LogP contribution in [-0.2, 0) is 9.53 Å². The number of hydrogen-bond donors (Lipinski definition) is 0. The van der Waals surface area contributed by atoms with Gasteiger partial charge in [0.05, 0.1) is 0 Å². The second-order valence-electron chi connectivity index (χ2n) is 4.78. The highest BCUT2D eigenvalue weighted by atomic mass is 16.5. The Labute approximate surface area is 116 Å². The summed E-state index contributed by atoms with van der Waals surface area (Å²) in [5, 5.41) is 0. The van der Waals surface area contributed by atoms with Crippen LogP contribution < -0.4 is 4.90 Å². The maximum atomic E-state index is 12.2. The minimum absolute atomic E-state index is 0.173. The van der Waals surface area contributed by atoms with E-state index < -0.39 is 0 Å². The van der Waals surface area contributed by atoms with Crippen LogP contribution in [-0.4, -0.2) is 25.7 Å². The van der Waals surface area contributed by atoms with E-state index in [1.165, 1.54) is 11.1 Å². The molecule has 0 bridgehead atoms. The lowest BCUT2D eigenvalue weighted by atomic mass is 10.1. The molecule has 0 radical (unpaired) electrons. The molecule has 0 aliphatic rings. The number of benzene rings is 1. The quantitative estimate of drug-likeness (QED) is 0.705. The Morgan fingerprint density at radius 3 is 2.32 bits per heavy atom. The summed E-state index contributed by atoms with van der Waals surface area (Å²) in [6.07, 6.45) is 1.33. The summed E-state index contributed by atoms with van der Waals surface area (Å²) in [4.78, 5) is 14.1. The molecule has 0 aliphatic carbocycles. The Balaban J connectivity index is 2.68. The van der Waals surface area contributed by atoms with Crippen molar-refractivity contribution < 1.29 is 9.53 Å². The number of anilines is 1. The molecule has 0 atom stereocenters. The van der Waals surface area contributed by atoms with E-state index in [9.17, 15) is 4.79 Å². The van der Waals surface area contributed by atoms with E-state index in [1.807, 2.05) is 18.7 Å². The minimum Gasteiger partial charge on any atom is -0.382 e. The fourth-order valence-corrected chi connectivity index (χ4v) is 2.21. The van der Waals surface area contributed by atoms with Gasteiger partial charge >= 0.3 is 0 Å². The van der Waals surface area contributed by atoms with Crippen LogP contribution in [0.1, 0.15) is 37.8 Å². The van der Waals surface area contributed by atoms with Crippen molar-refractivity contribution in [2.24, 2.45) is 0 Å². The minimum atomic E-state index is 0.173. The van der Waals surface area contributed by atoms with Crippen LogP contribution in [0.15, 0.2) is 18.2 Å². The van der Waals surface area contributed by atoms with Crippen LogP contribution in [0.25, 0.3) is 0 Å². The van der Waals surface area contributed by atoms with Gasteiger partial charge in [-0.3, -0.25) is 4.79 Å². The summed E-state index contributed by atoms with van der Waals surface area (Å²) >= 11 is 0. The molecule has 1 rings (SSSR count). The van der Waals surface area contributed by atoms with Crippen LogP contribution in [0, 0.1) is 13.8 Å². The predicted molar refractivity (Wildman–Crippen MR) is 79.7 cm³/mol. The largest absolute Gasteiger partial charge is 0.382 e. The van der Waals surface area contributed by atoms with Crippen LogP contribution in [0.4, 0.5) is 5.69 Å². The first-order valence-corrected chi connectivity index (χ1v) is 7.04. The van der Waals surface area contributed by atoms with E-state index in [0.29, 0.717) is 26.2 Å². The van der Waals surface area contributed by atoms with Crippen LogP contribution >= 0.6 is 0 Å². The summed E-state index contributed by atoms with van der Waals surface area (Å²) in [5.41, 5.74) is 3.38. The zero-order valence-electron chi connectivity index (χ0n) is 12.5. The standard InChI is InChI=1S/C16H25NO2/c1-5-17(16(18)8-7-9-19-6-2)15-11-13(3)10-14(4)12-15/h10-12H,5-9H2,1-4H3. The Kier molecular flexibility index (Phi) is 6.57. The van der Waals surface area contributed by atoms with Gasteiger partial charge in [-0.25, -0.2) is 0 Å². The van der Waals surface area contributed by atoms with Gasteiger partial charge in [0.15, 0.2) is 0 Å². The molecule has 1 amide bonds. The molecule has 0 saturated heterocycles. The maximum Gasteiger partial charge on any atom is 0.227 e. The van der Waals surface area contributed by atoms with Crippen LogP contribution in [0.3, 0.4) is 0 Å². The first-order valence-electron chi connectivity index (χ1n) is 7.04. The highest BCUT2D eigenvalue weighted by Gasteiger charge is 2.13. The SMILES string of the molecule is CCOCCCC(=O)N(CC)c1cc(C)cc(C)c1. The fourth-order valence-electron chi connectivity index (χ4n) is 2.21. The van der Waals surface area contributed by atoms with Crippen molar-refractivity contribution in [1.82, 2.24) is 0 Å². The Bertz CT molecular complexity index is 395. The highest BCUT2D eigenvalue weighted by molar-refractivity contribution is 5.93. The second kappa shape index (κ2) is 7.95. The summed E-state index contributed by atoms with van der Waals surface area (Å²) in [5.74, 6) is 0.173. The van der Waals surface area contributed by atoms with Crippen molar-refractivity contribution in [3.8, 4) is 0 Å². The summed E-state index contributed by atoms with van der Waals surface area (Å²) in [6, 6.07) is 6.25. The molecule has 0 unspecified atom stereocenters. The molecule has 0 spiro atoms. The molecule has 3 heteroatoms. The molecule has 3 nitrogen and oxygen atoms in total. The summed E-state index contributed by atoms with van der Waals surface area (Å²) < 4.78 is 5.27. The van der Waals surface area contributed by atoms with E-state index in [4.69, 9.17) is 4.74 Å². The van der Waals surface area contributed by atoms with E-state index in [-0.39, 0.29) is 5.91 Å². The van der Waals surface area contributed by atoms with Crippen molar-refractivity contribution in [3.63, 3.8) is 0 Å². The third-order valence-corrected chi connectivity index (χ3v) is 3.02. The summed E-state index contributed by atoms with van der Waals surface area (Å²) in [7, 11) is 0. The Morgan fingerprint density at radius 2 is 1.79 bits per heavy atom. The number of nitrogens with zero attached hydrogens (tertiary/aromatic N) is 1. The average Bonchev–Trinajstić information content (AvgIpc) is 2.34. The molecule has 1 aromatic rings. The molecule has 106 valence electrons. The number of aryl methyl sites for hydroxylation is 2. The van der Waals surface area contributed by atoms with Crippen LogP contribution in [0.5, 0.6) is 0 Å². The third kappa shape index (κ3) is 5.03. The molecule has 0 fully saturated rings. The van der Waals surface area contributed by atoms with Gasteiger partial charge in [-0.2, -0.15) is 0 Å². The number of carbonyl (C=O) groups is 1.